The molecule has 4 N–H and O–H groups in total. The number of benzene rings is 1. The first-order valence-corrected chi connectivity index (χ1v) is 7.34. The highest BCUT2D eigenvalue weighted by Crippen LogP contribution is 2.27. The number of anilines is 1. The maximum absolute atomic E-state index is 12.5. The van der Waals surface area contributed by atoms with Crippen LogP contribution in [-0.2, 0) is 9.59 Å². The van der Waals surface area contributed by atoms with Gasteiger partial charge in [0, 0.05) is 17.8 Å². The Bertz CT molecular complexity index is 706. The van der Waals surface area contributed by atoms with E-state index < -0.39 is 17.9 Å². The summed E-state index contributed by atoms with van der Waals surface area (Å²) in [5, 5.41) is 4.86. The molecule has 122 valence electrons. The molecule has 0 aliphatic carbocycles. The second-order valence-corrected chi connectivity index (χ2v) is 5.77. The molecule has 1 aromatic rings. The number of hydrogen-bond donors (Lipinski definition) is 3. The lowest BCUT2D eigenvalue weighted by Gasteiger charge is -2.22. The minimum atomic E-state index is -0.735. The second-order valence-electron chi connectivity index (χ2n) is 5.77. The summed E-state index contributed by atoms with van der Waals surface area (Å²) in [6.45, 7) is 5.48. The lowest BCUT2D eigenvalue weighted by Crippen LogP contribution is -2.52. The number of nitrogen functional groups attached to an aromatic ring is 1. The van der Waals surface area contributed by atoms with Crippen LogP contribution in [0.25, 0.3) is 0 Å². The van der Waals surface area contributed by atoms with Crippen LogP contribution in [0.15, 0.2) is 17.1 Å². The Morgan fingerprint density at radius 3 is 2.65 bits per heavy atom. The van der Waals surface area contributed by atoms with Crippen LogP contribution in [0, 0.1) is 6.92 Å². The van der Waals surface area contributed by atoms with Crippen LogP contribution in [0.3, 0.4) is 0 Å². The van der Waals surface area contributed by atoms with Gasteiger partial charge in [0.05, 0.1) is 11.3 Å². The smallest absolute Gasteiger partial charge is 0.254 e. The van der Waals surface area contributed by atoms with Gasteiger partial charge in [0.1, 0.15) is 6.04 Å². The minimum absolute atomic E-state index is 0.200. The third-order valence-electron chi connectivity index (χ3n) is 3.45. The van der Waals surface area contributed by atoms with Gasteiger partial charge in [0.15, 0.2) is 0 Å². The number of piperidine rings is 1. The lowest BCUT2D eigenvalue weighted by atomic mass is 10.0. The fourth-order valence-electron chi connectivity index (χ4n) is 2.42. The highest BCUT2D eigenvalue weighted by molar-refractivity contribution is 6.06. The van der Waals surface area contributed by atoms with E-state index in [-0.39, 0.29) is 18.7 Å². The number of nitrogens with two attached hydrogens (primary N) is 1. The van der Waals surface area contributed by atoms with E-state index in [1.54, 1.807) is 6.07 Å². The zero-order valence-electron chi connectivity index (χ0n) is 13.4. The summed E-state index contributed by atoms with van der Waals surface area (Å²) >= 11 is 0. The van der Waals surface area contributed by atoms with Crippen molar-refractivity contribution in [3.05, 3.63) is 23.3 Å². The maximum Gasteiger partial charge on any atom is 0.254 e. The third kappa shape index (κ3) is 3.94. The molecule has 1 unspecified atom stereocenters. The molecule has 3 amide bonds. The maximum atomic E-state index is 12.5. The van der Waals surface area contributed by atoms with E-state index in [1.807, 2.05) is 20.8 Å². The number of aliphatic imine (C=N–C) groups is 1. The minimum Gasteiger partial charge on any atom is -0.399 e. The lowest BCUT2D eigenvalue weighted by molar-refractivity contribution is -0.134. The summed E-state index contributed by atoms with van der Waals surface area (Å²) in [5.41, 5.74) is 8.69. The number of nitrogens with one attached hydrogen (secondary N) is 2. The van der Waals surface area contributed by atoms with E-state index in [9.17, 15) is 14.4 Å². The van der Waals surface area contributed by atoms with E-state index >= 15 is 0 Å². The number of imide groups is 1. The predicted molar refractivity (Wildman–Crippen MR) is 87.7 cm³/mol. The molecule has 0 radical (unpaired) electrons. The molecule has 1 saturated heterocycles. The SMILES string of the molecule is CC(C)=Nc1c(C)cc(N)cc1C(=O)NC1CCC(=O)NC1=O. The van der Waals surface area contributed by atoms with Crippen LogP contribution in [0.2, 0.25) is 0 Å². The molecular weight excluding hydrogens is 296 g/mol. The molecule has 0 aromatic heterocycles. The molecule has 1 fully saturated rings. The van der Waals surface area contributed by atoms with Crippen molar-refractivity contribution in [1.82, 2.24) is 10.6 Å². The zero-order chi connectivity index (χ0) is 17.1. The first-order valence-electron chi connectivity index (χ1n) is 7.34. The molecule has 7 nitrogen and oxygen atoms in total. The van der Waals surface area contributed by atoms with Crippen molar-refractivity contribution in [2.24, 2.45) is 4.99 Å². The highest BCUT2D eigenvalue weighted by atomic mass is 16.2. The average Bonchev–Trinajstić information content (AvgIpc) is 2.44. The summed E-state index contributed by atoms with van der Waals surface area (Å²) in [5.74, 6) is -1.26. The van der Waals surface area contributed by atoms with Crippen molar-refractivity contribution in [2.75, 3.05) is 5.73 Å². The van der Waals surface area contributed by atoms with Gasteiger partial charge < -0.3 is 11.1 Å². The Morgan fingerprint density at radius 1 is 1.35 bits per heavy atom. The molecule has 23 heavy (non-hydrogen) atoms. The van der Waals surface area contributed by atoms with Crippen molar-refractivity contribution < 1.29 is 14.4 Å². The van der Waals surface area contributed by atoms with Gasteiger partial charge in [-0.3, -0.25) is 24.7 Å². The van der Waals surface area contributed by atoms with Gasteiger partial charge in [0.2, 0.25) is 11.8 Å². The number of amides is 3. The van der Waals surface area contributed by atoms with Crippen LogP contribution in [-0.4, -0.2) is 29.5 Å². The number of rotatable bonds is 3. The molecule has 1 aromatic carbocycles. The van der Waals surface area contributed by atoms with E-state index in [0.29, 0.717) is 16.9 Å². The largest absolute Gasteiger partial charge is 0.399 e. The van der Waals surface area contributed by atoms with E-state index in [1.165, 1.54) is 6.07 Å². The Labute approximate surface area is 134 Å². The molecule has 0 bridgehead atoms. The zero-order valence-corrected chi connectivity index (χ0v) is 13.4. The Hall–Kier alpha value is -2.70. The average molecular weight is 316 g/mol. The molecular formula is C16H20N4O3. The van der Waals surface area contributed by atoms with Crippen LogP contribution in [0.5, 0.6) is 0 Å². The molecule has 0 saturated carbocycles. The Kier molecular flexibility index (Phi) is 4.78. The molecule has 1 aliphatic rings. The molecule has 2 rings (SSSR count). The molecule has 1 aliphatic heterocycles. The van der Waals surface area contributed by atoms with Crippen molar-refractivity contribution in [3.63, 3.8) is 0 Å². The first-order chi connectivity index (χ1) is 10.8. The second kappa shape index (κ2) is 6.60. The molecule has 1 heterocycles. The van der Waals surface area contributed by atoms with Gasteiger partial charge in [-0.2, -0.15) is 0 Å². The van der Waals surface area contributed by atoms with Gasteiger partial charge >= 0.3 is 0 Å². The van der Waals surface area contributed by atoms with Crippen LogP contribution >= 0.6 is 0 Å². The number of carbonyl (C=O) groups excluding carboxylic acids is 3. The van der Waals surface area contributed by atoms with Gasteiger partial charge in [0.25, 0.3) is 5.91 Å². The Balaban J connectivity index is 2.30. The van der Waals surface area contributed by atoms with E-state index in [4.69, 9.17) is 5.73 Å². The van der Waals surface area contributed by atoms with Crippen LogP contribution in [0.1, 0.15) is 42.6 Å². The fraction of sp³-hybridized carbons (Fsp3) is 0.375. The van der Waals surface area contributed by atoms with Crippen molar-refractivity contribution in [3.8, 4) is 0 Å². The van der Waals surface area contributed by atoms with Crippen molar-refractivity contribution in [2.45, 2.75) is 39.7 Å². The van der Waals surface area contributed by atoms with E-state index in [2.05, 4.69) is 15.6 Å². The summed E-state index contributed by atoms with van der Waals surface area (Å²) in [4.78, 5) is 39.9. The number of hydrogen-bond acceptors (Lipinski definition) is 5. The summed E-state index contributed by atoms with van der Waals surface area (Å²) < 4.78 is 0. The fourth-order valence-corrected chi connectivity index (χ4v) is 2.42. The first kappa shape index (κ1) is 16.7. The standard InChI is InChI=1S/C16H20N4O3/c1-8(2)18-14-9(3)6-10(17)7-11(14)15(22)19-12-4-5-13(21)20-16(12)23/h6-7,12H,4-5,17H2,1-3H3,(H,19,22)(H,20,21,23). The predicted octanol–water partition coefficient (Wildman–Crippen LogP) is 1.22. The van der Waals surface area contributed by atoms with Gasteiger partial charge in [-0.15, -0.1) is 0 Å². The molecule has 1 atom stereocenters. The van der Waals surface area contributed by atoms with Crippen LogP contribution in [0.4, 0.5) is 11.4 Å². The third-order valence-corrected chi connectivity index (χ3v) is 3.45. The number of carbonyl (C=O) groups is 3. The van der Waals surface area contributed by atoms with Gasteiger partial charge in [-0.25, -0.2) is 0 Å². The summed E-state index contributed by atoms with van der Waals surface area (Å²) in [7, 11) is 0. The topological polar surface area (TPSA) is 114 Å². The highest BCUT2D eigenvalue weighted by Gasteiger charge is 2.28. The van der Waals surface area contributed by atoms with Crippen molar-refractivity contribution in [1.29, 1.82) is 0 Å². The van der Waals surface area contributed by atoms with Gasteiger partial charge in [-0.05, 0) is 44.9 Å². The number of nitrogens with zero attached hydrogens (tertiary/aromatic N) is 1. The molecule has 7 heteroatoms. The monoisotopic (exact) mass is 316 g/mol. The number of aryl methyl sites for hydroxylation is 1. The van der Waals surface area contributed by atoms with Gasteiger partial charge in [-0.1, -0.05) is 0 Å². The Morgan fingerprint density at radius 2 is 2.04 bits per heavy atom. The van der Waals surface area contributed by atoms with Crippen molar-refractivity contribution >= 4 is 34.8 Å². The summed E-state index contributed by atoms with van der Waals surface area (Å²) in [6, 6.07) is 2.54. The quantitative estimate of drug-likeness (QED) is 0.442. The molecule has 0 spiro atoms. The van der Waals surface area contributed by atoms with Crippen LogP contribution < -0.4 is 16.4 Å². The normalized spacial score (nSPS) is 17.4. The summed E-state index contributed by atoms with van der Waals surface area (Å²) in [6.07, 6.45) is 0.481. The van der Waals surface area contributed by atoms with E-state index in [0.717, 1.165) is 11.3 Å².